The minimum atomic E-state index is -4.61. The average Bonchev–Trinajstić information content (AvgIpc) is 2.07. The zero-order chi connectivity index (χ0) is 10.3. The molecule has 0 unspecified atom stereocenters. The lowest BCUT2D eigenvalue weighted by Crippen LogP contribution is -2.39. The molecule has 0 bridgehead atoms. The zero-order valence-electron chi connectivity index (χ0n) is 6.79. The highest BCUT2D eigenvalue weighted by Gasteiger charge is 2.12. The number of hydrogen-bond acceptors (Lipinski definition) is 5. The van der Waals surface area contributed by atoms with Gasteiger partial charge in [-0.2, -0.15) is 8.42 Å². The van der Waals surface area contributed by atoms with Crippen LogP contribution in [0.1, 0.15) is 0 Å². The molecule has 1 heterocycles. The molecule has 1 aliphatic heterocycles. The molecule has 0 aromatic carbocycles. The molecule has 8 heteroatoms. The Hall–Kier alpha value is -0.210. The van der Waals surface area contributed by atoms with Crippen LogP contribution in [0.4, 0.5) is 4.79 Å². The summed E-state index contributed by atoms with van der Waals surface area (Å²) in [6, 6.07) is 0. The Morgan fingerprint density at radius 2 is 1.38 bits per heavy atom. The second-order valence-corrected chi connectivity index (χ2v) is 4.10. The molecular formula is C5H11ClN2O4S. The molecule has 0 aromatic rings. The molecule has 1 rings (SSSR count). The fraction of sp³-hybridized carbons (Fsp3) is 0.800. The van der Waals surface area contributed by atoms with E-state index in [1.54, 1.807) is 0 Å². The van der Waals surface area contributed by atoms with Crippen molar-refractivity contribution in [1.29, 1.82) is 0 Å². The topological polar surface area (TPSA) is 95.5 Å². The van der Waals surface area contributed by atoms with Gasteiger partial charge in [0.2, 0.25) is 0 Å². The summed E-state index contributed by atoms with van der Waals surface area (Å²) in [6.07, 6.45) is 0. The van der Waals surface area contributed by atoms with Gasteiger partial charge in [-0.3, -0.25) is 9.35 Å². The van der Waals surface area contributed by atoms with Gasteiger partial charge >= 0.3 is 14.7 Å². The first-order chi connectivity index (χ1) is 5.94. The van der Waals surface area contributed by atoms with E-state index in [9.17, 15) is 13.2 Å². The summed E-state index contributed by atoms with van der Waals surface area (Å²) in [7, 11) is -4.61. The number of rotatable bonds is 0. The molecule has 0 amide bonds. The van der Waals surface area contributed by atoms with Crippen LogP contribution in [0.15, 0.2) is 0 Å². The van der Waals surface area contributed by atoms with E-state index < -0.39 is 14.7 Å². The van der Waals surface area contributed by atoms with Crippen molar-refractivity contribution in [2.75, 3.05) is 26.2 Å². The van der Waals surface area contributed by atoms with Crippen LogP contribution in [-0.4, -0.2) is 43.7 Å². The van der Waals surface area contributed by atoms with Gasteiger partial charge in [0.15, 0.2) is 0 Å². The first kappa shape index (κ1) is 12.8. The molecule has 0 aliphatic carbocycles. The molecule has 0 aromatic heterocycles. The molecule has 0 radical (unpaired) electrons. The Balaban J connectivity index is 0.000000223. The SMILES string of the molecule is C1CNCCN1.O=C(Cl)S(=O)(=O)O. The van der Waals surface area contributed by atoms with Crippen LogP contribution >= 0.6 is 11.6 Å². The molecule has 1 fully saturated rings. The normalized spacial score (nSPS) is 17.1. The third-order valence-corrected chi connectivity index (χ3v) is 2.15. The van der Waals surface area contributed by atoms with Crippen molar-refractivity contribution in [3.8, 4) is 0 Å². The van der Waals surface area contributed by atoms with Crippen LogP contribution in [0.25, 0.3) is 0 Å². The summed E-state index contributed by atoms with van der Waals surface area (Å²) in [6.45, 7) is 4.56. The van der Waals surface area contributed by atoms with E-state index in [4.69, 9.17) is 4.55 Å². The van der Waals surface area contributed by atoms with Gasteiger partial charge in [-0.05, 0) is 11.6 Å². The third-order valence-electron chi connectivity index (χ3n) is 1.16. The van der Waals surface area contributed by atoms with Crippen LogP contribution in [-0.2, 0) is 10.1 Å². The first-order valence-electron chi connectivity index (χ1n) is 3.53. The lowest BCUT2D eigenvalue weighted by Gasteiger charge is -2.11. The second kappa shape index (κ2) is 6.28. The highest BCUT2D eigenvalue weighted by Crippen LogP contribution is 1.90. The van der Waals surface area contributed by atoms with Gasteiger partial charge in [0.25, 0.3) is 0 Å². The molecule has 0 saturated carbocycles. The van der Waals surface area contributed by atoms with Crippen molar-refractivity contribution in [2.24, 2.45) is 0 Å². The average molecular weight is 231 g/mol. The van der Waals surface area contributed by atoms with E-state index in [1.807, 2.05) is 0 Å². The summed E-state index contributed by atoms with van der Waals surface area (Å²) < 4.78 is 24.6. The highest BCUT2D eigenvalue weighted by atomic mass is 35.5. The van der Waals surface area contributed by atoms with Gasteiger partial charge in [0.05, 0.1) is 0 Å². The lowest BCUT2D eigenvalue weighted by molar-refractivity contribution is 0.271. The van der Waals surface area contributed by atoms with Gasteiger partial charge in [-0.1, -0.05) is 0 Å². The van der Waals surface area contributed by atoms with Crippen LogP contribution in [0.3, 0.4) is 0 Å². The largest absolute Gasteiger partial charge is 0.363 e. The number of halogens is 1. The molecular weight excluding hydrogens is 220 g/mol. The Morgan fingerprint density at radius 1 is 1.15 bits per heavy atom. The fourth-order valence-corrected chi connectivity index (χ4v) is 0.604. The number of nitrogens with one attached hydrogen (secondary N) is 2. The van der Waals surface area contributed by atoms with E-state index in [0.29, 0.717) is 0 Å². The van der Waals surface area contributed by atoms with Crippen molar-refractivity contribution in [3.63, 3.8) is 0 Å². The van der Waals surface area contributed by atoms with Gasteiger partial charge < -0.3 is 10.6 Å². The van der Waals surface area contributed by atoms with Crippen molar-refractivity contribution in [1.82, 2.24) is 10.6 Å². The van der Waals surface area contributed by atoms with Gasteiger partial charge in [-0.15, -0.1) is 0 Å². The van der Waals surface area contributed by atoms with Crippen LogP contribution in [0.2, 0.25) is 0 Å². The van der Waals surface area contributed by atoms with Crippen molar-refractivity contribution in [3.05, 3.63) is 0 Å². The molecule has 1 saturated heterocycles. The Morgan fingerprint density at radius 3 is 1.46 bits per heavy atom. The fourth-order valence-electron chi connectivity index (χ4n) is 0.604. The molecule has 6 nitrogen and oxygen atoms in total. The number of carbonyl (C=O) groups is 1. The van der Waals surface area contributed by atoms with E-state index in [1.165, 1.54) is 0 Å². The van der Waals surface area contributed by atoms with E-state index in [0.717, 1.165) is 26.2 Å². The smallest absolute Gasteiger partial charge is 0.314 e. The minimum absolute atomic E-state index is 1.14. The summed E-state index contributed by atoms with van der Waals surface area (Å²) in [5.74, 6) is 0. The maximum atomic E-state index is 9.41. The number of piperazine rings is 1. The van der Waals surface area contributed by atoms with Gasteiger partial charge in [0, 0.05) is 26.2 Å². The molecule has 13 heavy (non-hydrogen) atoms. The Labute approximate surface area is 81.4 Å². The summed E-state index contributed by atoms with van der Waals surface area (Å²) in [5, 5.41) is 6.44. The summed E-state index contributed by atoms with van der Waals surface area (Å²) in [5.41, 5.74) is 0. The van der Waals surface area contributed by atoms with E-state index in [-0.39, 0.29) is 0 Å². The maximum Gasteiger partial charge on any atom is 0.363 e. The Bertz CT molecular complexity index is 238. The molecule has 78 valence electrons. The van der Waals surface area contributed by atoms with Crippen LogP contribution < -0.4 is 10.6 Å². The summed E-state index contributed by atoms with van der Waals surface area (Å²) in [4.78, 5) is 9.39. The standard InChI is InChI=1S/C4H10N2.CHClO4S/c1-2-6-4-3-5-1;2-1(3)7(4,5)6/h5-6H,1-4H2;(H,4,5,6). The summed E-state index contributed by atoms with van der Waals surface area (Å²) >= 11 is 4.28. The maximum absolute atomic E-state index is 9.41. The number of hydrogen-bond donors (Lipinski definition) is 3. The molecule has 0 atom stereocenters. The van der Waals surface area contributed by atoms with E-state index in [2.05, 4.69) is 22.2 Å². The van der Waals surface area contributed by atoms with Crippen molar-refractivity contribution in [2.45, 2.75) is 0 Å². The highest BCUT2D eigenvalue weighted by molar-refractivity contribution is 8.04. The van der Waals surface area contributed by atoms with E-state index >= 15 is 0 Å². The van der Waals surface area contributed by atoms with Gasteiger partial charge in [0.1, 0.15) is 0 Å². The minimum Gasteiger partial charge on any atom is -0.314 e. The predicted molar refractivity (Wildman–Crippen MR) is 48.5 cm³/mol. The molecule has 0 spiro atoms. The Kier molecular flexibility index (Phi) is 6.17. The van der Waals surface area contributed by atoms with Crippen molar-refractivity contribution >= 4 is 26.3 Å². The molecule has 3 N–H and O–H groups in total. The second-order valence-electron chi connectivity index (χ2n) is 2.21. The van der Waals surface area contributed by atoms with Crippen LogP contribution in [0.5, 0.6) is 0 Å². The first-order valence-corrected chi connectivity index (χ1v) is 5.35. The zero-order valence-corrected chi connectivity index (χ0v) is 8.36. The number of carbonyl (C=O) groups excluding carboxylic acids is 1. The predicted octanol–water partition coefficient (Wildman–Crippen LogP) is -0.588. The van der Waals surface area contributed by atoms with Crippen LogP contribution in [0, 0.1) is 0 Å². The quantitative estimate of drug-likeness (QED) is 0.380. The lowest BCUT2D eigenvalue weighted by atomic mass is 10.4. The van der Waals surface area contributed by atoms with Gasteiger partial charge in [-0.25, -0.2) is 0 Å². The third kappa shape index (κ3) is 8.13. The van der Waals surface area contributed by atoms with Crippen molar-refractivity contribution < 1.29 is 17.8 Å². The monoisotopic (exact) mass is 230 g/mol. The molecule has 1 aliphatic rings.